The van der Waals surface area contributed by atoms with Crippen molar-refractivity contribution in [3.8, 4) is 0 Å². The maximum absolute atomic E-state index is 14.0. The molecule has 0 aromatic heterocycles. The molecule has 2 saturated heterocycles. The van der Waals surface area contributed by atoms with Crippen LogP contribution in [0.2, 0.25) is 5.02 Å². The molecular weight excluding hydrogens is 446 g/mol. The number of hydrogen-bond acceptors (Lipinski definition) is 5. The van der Waals surface area contributed by atoms with Gasteiger partial charge in [-0.3, -0.25) is 14.4 Å². The smallest absolute Gasteiger partial charge is 0.253 e. The third kappa shape index (κ3) is 3.01. The summed E-state index contributed by atoms with van der Waals surface area (Å²) in [5.41, 5.74) is -1.85. The normalized spacial score (nSPS) is 35.5. The number of carbonyl (C=O) groups excluding carboxylic acids is 3. The monoisotopic (exact) mass is 471 g/mol. The number of halogens is 1. The fourth-order valence-corrected chi connectivity index (χ4v) is 6.12. The highest BCUT2D eigenvalue weighted by molar-refractivity contribution is 6.34. The van der Waals surface area contributed by atoms with Crippen LogP contribution in [0.3, 0.4) is 0 Å². The SMILES string of the molecule is CN1CC=C[C@@]2(C)O[C@]34C=CCN(c5ccccc5Cl)C(=O)C3N(CCO)C(=O)[C@@H]4[C@H]2C1=O. The molecule has 1 N–H and O–H groups in total. The van der Waals surface area contributed by atoms with Crippen molar-refractivity contribution in [2.24, 2.45) is 11.8 Å². The number of fused-ring (bicyclic) bond motifs is 2. The number of ether oxygens (including phenoxy) is 1. The van der Waals surface area contributed by atoms with Crippen LogP contribution in [-0.2, 0) is 19.1 Å². The molecule has 1 aromatic rings. The van der Waals surface area contributed by atoms with Gasteiger partial charge in [-0.2, -0.15) is 0 Å². The fraction of sp³-hybridized carbons (Fsp3) is 0.458. The van der Waals surface area contributed by atoms with E-state index < -0.39 is 29.1 Å². The van der Waals surface area contributed by atoms with Crippen molar-refractivity contribution in [3.63, 3.8) is 0 Å². The summed E-state index contributed by atoms with van der Waals surface area (Å²) in [5.74, 6) is -2.59. The summed E-state index contributed by atoms with van der Waals surface area (Å²) in [6.07, 6.45) is 7.27. The summed E-state index contributed by atoms with van der Waals surface area (Å²) >= 11 is 6.40. The summed E-state index contributed by atoms with van der Waals surface area (Å²) in [6.45, 7) is 2.10. The Balaban J connectivity index is 1.67. The van der Waals surface area contributed by atoms with Crippen LogP contribution >= 0.6 is 11.6 Å². The van der Waals surface area contributed by atoms with Gasteiger partial charge in [0, 0.05) is 26.7 Å². The molecule has 5 rings (SSSR count). The highest BCUT2D eigenvalue weighted by atomic mass is 35.5. The number of rotatable bonds is 3. The number of likely N-dealkylation sites (tertiary alicyclic amines) is 1. The van der Waals surface area contributed by atoms with Gasteiger partial charge in [0.15, 0.2) is 0 Å². The summed E-state index contributed by atoms with van der Waals surface area (Å²) in [4.78, 5) is 45.7. The van der Waals surface area contributed by atoms with Gasteiger partial charge in [-0.15, -0.1) is 0 Å². The maximum atomic E-state index is 14.0. The van der Waals surface area contributed by atoms with Crippen LogP contribution in [0.4, 0.5) is 5.69 Å². The largest absolute Gasteiger partial charge is 0.395 e. The standard InChI is InChI=1S/C24H26ClN3O5/c1-23-9-5-11-26(2)20(30)17(23)18-21(31)28(13-14-29)19-22(32)27(12-6-10-24(18,19)33-23)16-8-4-3-7-15(16)25/h3-10,17-19,29H,11-14H2,1-2H3/t17-,18-,19?,23+,24-/m0/s1. The Kier molecular flexibility index (Phi) is 5.15. The Morgan fingerprint density at radius 3 is 2.52 bits per heavy atom. The van der Waals surface area contributed by atoms with Gasteiger partial charge in [-0.1, -0.05) is 48.0 Å². The van der Waals surface area contributed by atoms with Gasteiger partial charge >= 0.3 is 0 Å². The zero-order chi connectivity index (χ0) is 23.5. The van der Waals surface area contributed by atoms with Crippen LogP contribution in [0, 0.1) is 11.8 Å². The first-order valence-electron chi connectivity index (χ1n) is 11.0. The Bertz CT molecular complexity index is 1090. The van der Waals surface area contributed by atoms with E-state index in [-0.39, 0.29) is 37.4 Å². The van der Waals surface area contributed by atoms with E-state index in [2.05, 4.69) is 0 Å². The lowest BCUT2D eigenvalue weighted by Crippen LogP contribution is -2.56. The molecule has 174 valence electrons. The lowest BCUT2D eigenvalue weighted by molar-refractivity contribution is -0.148. The molecular formula is C24H26ClN3O5. The number of carbonyl (C=O) groups is 3. The van der Waals surface area contributed by atoms with E-state index in [1.165, 1.54) is 9.80 Å². The second kappa shape index (κ2) is 7.68. The lowest BCUT2D eigenvalue weighted by Gasteiger charge is -2.37. The maximum Gasteiger partial charge on any atom is 0.253 e. The van der Waals surface area contributed by atoms with Crippen LogP contribution in [0.1, 0.15) is 6.92 Å². The number of benzene rings is 1. The molecule has 0 aliphatic carbocycles. The Morgan fingerprint density at radius 2 is 1.79 bits per heavy atom. The minimum Gasteiger partial charge on any atom is -0.395 e. The van der Waals surface area contributed by atoms with Crippen LogP contribution in [0.5, 0.6) is 0 Å². The van der Waals surface area contributed by atoms with Gasteiger partial charge in [0.1, 0.15) is 11.6 Å². The van der Waals surface area contributed by atoms with Crippen molar-refractivity contribution in [3.05, 3.63) is 53.6 Å². The summed E-state index contributed by atoms with van der Waals surface area (Å²) in [5, 5.41) is 10.1. The minimum absolute atomic E-state index is 0.0373. The van der Waals surface area contributed by atoms with Crippen molar-refractivity contribution >= 4 is 35.0 Å². The highest BCUT2D eigenvalue weighted by Crippen LogP contribution is 2.57. The van der Waals surface area contributed by atoms with Gasteiger partial charge in [0.05, 0.1) is 34.8 Å². The molecule has 4 aliphatic heterocycles. The number of amides is 3. The Morgan fingerprint density at radius 1 is 1.06 bits per heavy atom. The topological polar surface area (TPSA) is 90.4 Å². The first kappa shape index (κ1) is 22.1. The van der Waals surface area contributed by atoms with E-state index in [4.69, 9.17) is 16.3 Å². The molecule has 33 heavy (non-hydrogen) atoms. The third-order valence-corrected chi connectivity index (χ3v) is 7.56. The van der Waals surface area contributed by atoms with Crippen molar-refractivity contribution in [2.75, 3.05) is 38.2 Å². The first-order chi connectivity index (χ1) is 15.7. The van der Waals surface area contributed by atoms with E-state index in [0.29, 0.717) is 17.3 Å². The van der Waals surface area contributed by atoms with Gasteiger partial charge < -0.3 is 24.5 Å². The van der Waals surface area contributed by atoms with Crippen LogP contribution in [0.15, 0.2) is 48.6 Å². The summed E-state index contributed by atoms with van der Waals surface area (Å²) < 4.78 is 6.63. The van der Waals surface area contributed by atoms with Crippen molar-refractivity contribution in [1.82, 2.24) is 9.80 Å². The second-order valence-corrected chi connectivity index (χ2v) is 9.58. The minimum atomic E-state index is -1.34. The number of para-hydroxylation sites is 1. The van der Waals surface area contributed by atoms with Crippen LogP contribution < -0.4 is 4.90 Å². The van der Waals surface area contributed by atoms with Gasteiger partial charge in [-0.25, -0.2) is 0 Å². The zero-order valence-corrected chi connectivity index (χ0v) is 19.2. The van der Waals surface area contributed by atoms with E-state index in [0.717, 1.165) is 0 Å². The predicted octanol–water partition coefficient (Wildman–Crippen LogP) is 1.23. The van der Waals surface area contributed by atoms with E-state index in [1.807, 2.05) is 12.2 Å². The molecule has 2 fully saturated rings. The zero-order valence-electron chi connectivity index (χ0n) is 18.5. The average Bonchev–Trinajstić information content (AvgIpc) is 3.04. The lowest BCUT2D eigenvalue weighted by atomic mass is 9.74. The quantitative estimate of drug-likeness (QED) is 0.670. The molecule has 0 radical (unpaired) electrons. The number of anilines is 1. The van der Waals surface area contributed by atoms with Gasteiger partial charge in [-0.05, 0) is 19.1 Å². The molecule has 3 amide bonds. The fourth-order valence-electron chi connectivity index (χ4n) is 5.88. The molecule has 1 spiro atoms. The Hall–Kier alpha value is -2.68. The number of nitrogens with zero attached hydrogens (tertiary/aromatic N) is 3. The molecule has 0 bridgehead atoms. The highest BCUT2D eigenvalue weighted by Gasteiger charge is 2.74. The number of likely N-dealkylation sites (N-methyl/N-ethyl adjacent to an activating group) is 1. The van der Waals surface area contributed by atoms with Crippen LogP contribution in [0.25, 0.3) is 0 Å². The first-order valence-corrected chi connectivity index (χ1v) is 11.4. The number of hydrogen-bond donors (Lipinski definition) is 1. The number of β-amino-alcohol motifs (C(OH)–C–C–N with tert-alkyl or cyclic N) is 1. The van der Waals surface area contributed by atoms with E-state index >= 15 is 0 Å². The van der Waals surface area contributed by atoms with Gasteiger partial charge in [0.2, 0.25) is 11.8 Å². The van der Waals surface area contributed by atoms with Gasteiger partial charge in [0.25, 0.3) is 5.91 Å². The van der Waals surface area contributed by atoms with Crippen molar-refractivity contribution in [1.29, 1.82) is 0 Å². The van der Waals surface area contributed by atoms with Crippen molar-refractivity contribution in [2.45, 2.75) is 24.2 Å². The molecule has 1 aromatic carbocycles. The molecule has 5 atom stereocenters. The van der Waals surface area contributed by atoms with Crippen molar-refractivity contribution < 1.29 is 24.2 Å². The molecule has 9 heteroatoms. The molecule has 4 heterocycles. The molecule has 1 unspecified atom stereocenters. The number of aliphatic hydroxyl groups is 1. The predicted molar refractivity (Wildman–Crippen MR) is 122 cm³/mol. The molecule has 0 saturated carbocycles. The average molecular weight is 472 g/mol. The van der Waals surface area contributed by atoms with E-state index in [9.17, 15) is 19.5 Å². The Labute approximate surface area is 197 Å². The molecule has 8 nitrogen and oxygen atoms in total. The second-order valence-electron chi connectivity index (χ2n) is 9.18. The summed E-state index contributed by atoms with van der Waals surface area (Å²) in [7, 11) is 1.69. The number of aliphatic hydroxyl groups excluding tert-OH is 1. The molecule has 4 aliphatic rings. The van der Waals surface area contributed by atoms with E-state index in [1.54, 1.807) is 55.3 Å². The third-order valence-electron chi connectivity index (χ3n) is 7.24. The summed E-state index contributed by atoms with van der Waals surface area (Å²) in [6, 6.07) is 5.98. The van der Waals surface area contributed by atoms with Crippen LogP contribution in [-0.4, -0.2) is 83.2 Å².